The van der Waals surface area contributed by atoms with Crippen molar-refractivity contribution in [2.24, 2.45) is 0 Å². The van der Waals surface area contributed by atoms with E-state index in [1.807, 2.05) is 0 Å². The lowest BCUT2D eigenvalue weighted by molar-refractivity contribution is 0.407. The maximum Gasteiger partial charge on any atom is 0.123 e. The van der Waals surface area contributed by atoms with E-state index in [2.05, 4.69) is 54.7 Å². The molecule has 104 valence electrons. The standard InChI is InChI=1S/C18H21NO/c1-13-4-3-5-14(10-13)15-6-9-18(20-2)16(11-15)12-19-17-7-8-17/h3-6,9-11,17,19H,7-8,12H2,1-2H3. The second-order valence-corrected chi connectivity index (χ2v) is 5.55. The Morgan fingerprint density at radius 1 is 1.10 bits per heavy atom. The van der Waals surface area contributed by atoms with Crippen LogP contribution in [0.1, 0.15) is 24.0 Å². The van der Waals surface area contributed by atoms with Crippen molar-refractivity contribution in [3.05, 3.63) is 53.6 Å². The van der Waals surface area contributed by atoms with Gasteiger partial charge in [-0.25, -0.2) is 0 Å². The molecule has 0 aromatic heterocycles. The summed E-state index contributed by atoms with van der Waals surface area (Å²) < 4.78 is 5.47. The minimum Gasteiger partial charge on any atom is -0.496 e. The molecule has 0 radical (unpaired) electrons. The number of nitrogens with one attached hydrogen (secondary N) is 1. The van der Waals surface area contributed by atoms with Crippen molar-refractivity contribution in [2.75, 3.05) is 7.11 Å². The normalized spacial score (nSPS) is 14.3. The van der Waals surface area contributed by atoms with Gasteiger partial charge in [0, 0.05) is 18.2 Å². The topological polar surface area (TPSA) is 21.3 Å². The number of hydrogen-bond acceptors (Lipinski definition) is 2. The van der Waals surface area contributed by atoms with E-state index in [9.17, 15) is 0 Å². The number of ether oxygens (including phenoxy) is 1. The molecule has 1 aliphatic carbocycles. The lowest BCUT2D eigenvalue weighted by Gasteiger charge is -2.12. The first-order chi connectivity index (χ1) is 9.76. The summed E-state index contributed by atoms with van der Waals surface area (Å²) in [7, 11) is 1.74. The van der Waals surface area contributed by atoms with Crippen LogP contribution in [-0.2, 0) is 6.54 Å². The SMILES string of the molecule is COc1ccc(-c2cccc(C)c2)cc1CNC1CC1. The largest absolute Gasteiger partial charge is 0.496 e. The van der Waals surface area contributed by atoms with E-state index in [4.69, 9.17) is 4.74 Å². The number of methoxy groups -OCH3 is 1. The van der Waals surface area contributed by atoms with Crippen molar-refractivity contribution < 1.29 is 4.74 Å². The molecule has 2 heteroatoms. The Morgan fingerprint density at radius 2 is 1.90 bits per heavy atom. The van der Waals surface area contributed by atoms with Gasteiger partial charge >= 0.3 is 0 Å². The van der Waals surface area contributed by atoms with Crippen molar-refractivity contribution in [1.82, 2.24) is 5.32 Å². The Morgan fingerprint density at radius 3 is 2.60 bits per heavy atom. The highest BCUT2D eigenvalue weighted by Gasteiger charge is 2.20. The van der Waals surface area contributed by atoms with Crippen molar-refractivity contribution in [3.63, 3.8) is 0 Å². The Hall–Kier alpha value is -1.80. The fourth-order valence-corrected chi connectivity index (χ4v) is 2.46. The molecule has 1 saturated carbocycles. The zero-order valence-electron chi connectivity index (χ0n) is 12.1. The fourth-order valence-electron chi connectivity index (χ4n) is 2.46. The van der Waals surface area contributed by atoms with Crippen molar-refractivity contribution in [3.8, 4) is 16.9 Å². The highest BCUT2D eigenvalue weighted by Crippen LogP contribution is 2.28. The van der Waals surface area contributed by atoms with Crippen LogP contribution in [-0.4, -0.2) is 13.2 Å². The molecule has 2 nitrogen and oxygen atoms in total. The molecule has 1 fully saturated rings. The average Bonchev–Trinajstić information content (AvgIpc) is 3.29. The molecule has 0 heterocycles. The molecular weight excluding hydrogens is 246 g/mol. The molecule has 3 rings (SSSR count). The van der Waals surface area contributed by atoms with Gasteiger partial charge in [-0.2, -0.15) is 0 Å². The summed E-state index contributed by atoms with van der Waals surface area (Å²) in [5, 5.41) is 3.56. The second-order valence-electron chi connectivity index (χ2n) is 5.55. The molecule has 0 aliphatic heterocycles. The summed E-state index contributed by atoms with van der Waals surface area (Å²) in [6, 6.07) is 15.8. The van der Waals surface area contributed by atoms with Crippen LogP contribution in [0.3, 0.4) is 0 Å². The number of benzene rings is 2. The second kappa shape index (κ2) is 5.68. The molecule has 2 aromatic carbocycles. The van der Waals surface area contributed by atoms with Crippen LogP contribution >= 0.6 is 0 Å². The molecule has 1 aliphatic rings. The summed E-state index contributed by atoms with van der Waals surface area (Å²) in [6.45, 7) is 3.01. The average molecular weight is 267 g/mol. The van der Waals surface area contributed by atoms with Gasteiger partial charge in [0.1, 0.15) is 5.75 Å². The molecule has 0 saturated heterocycles. The fraction of sp³-hybridized carbons (Fsp3) is 0.333. The number of hydrogen-bond donors (Lipinski definition) is 1. The molecule has 0 bridgehead atoms. The first kappa shape index (κ1) is 13.2. The number of aryl methyl sites for hydroxylation is 1. The first-order valence-electron chi connectivity index (χ1n) is 7.23. The summed E-state index contributed by atoms with van der Waals surface area (Å²) in [5.74, 6) is 0.967. The lowest BCUT2D eigenvalue weighted by Crippen LogP contribution is -2.15. The Bertz CT molecular complexity index is 602. The van der Waals surface area contributed by atoms with Gasteiger partial charge in [-0.3, -0.25) is 0 Å². The van der Waals surface area contributed by atoms with E-state index in [1.165, 1.54) is 35.1 Å². The van der Waals surface area contributed by atoms with E-state index in [1.54, 1.807) is 7.11 Å². The zero-order chi connectivity index (χ0) is 13.9. The summed E-state index contributed by atoms with van der Waals surface area (Å²) in [5.41, 5.74) is 5.04. The predicted molar refractivity (Wildman–Crippen MR) is 83.0 cm³/mol. The van der Waals surface area contributed by atoms with E-state index in [-0.39, 0.29) is 0 Å². The molecule has 1 N–H and O–H groups in total. The van der Waals surface area contributed by atoms with Gasteiger partial charge in [0.2, 0.25) is 0 Å². The highest BCUT2D eigenvalue weighted by molar-refractivity contribution is 5.66. The first-order valence-corrected chi connectivity index (χ1v) is 7.23. The van der Waals surface area contributed by atoms with Gasteiger partial charge in [-0.15, -0.1) is 0 Å². The minimum absolute atomic E-state index is 0.710. The lowest BCUT2D eigenvalue weighted by atomic mass is 10.0. The van der Waals surface area contributed by atoms with Gasteiger partial charge in [-0.05, 0) is 43.0 Å². The van der Waals surface area contributed by atoms with Crippen molar-refractivity contribution in [1.29, 1.82) is 0 Å². The van der Waals surface area contributed by atoms with Gasteiger partial charge in [0.05, 0.1) is 7.11 Å². The molecule has 20 heavy (non-hydrogen) atoms. The summed E-state index contributed by atoms with van der Waals surface area (Å²) in [6.07, 6.45) is 2.61. The third-order valence-electron chi connectivity index (χ3n) is 3.79. The van der Waals surface area contributed by atoms with Gasteiger partial charge in [0.15, 0.2) is 0 Å². The third kappa shape index (κ3) is 3.02. The van der Waals surface area contributed by atoms with Crippen molar-refractivity contribution in [2.45, 2.75) is 32.4 Å². The van der Waals surface area contributed by atoms with Crippen LogP contribution in [0.25, 0.3) is 11.1 Å². The molecule has 0 unspecified atom stereocenters. The maximum atomic E-state index is 5.47. The number of rotatable bonds is 5. The Kier molecular flexibility index (Phi) is 3.75. The van der Waals surface area contributed by atoms with Gasteiger partial charge in [0.25, 0.3) is 0 Å². The zero-order valence-corrected chi connectivity index (χ0v) is 12.1. The molecule has 2 aromatic rings. The predicted octanol–water partition coefficient (Wildman–Crippen LogP) is 3.92. The van der Waals surface area contributed by atoms with Crippen LogP contribution in [0, 0.1) is 6.92 Å². The van der Waals surface area contributed by atoms with Gasteiger partial charge < -0.3 is 10.1 Å². The minimum atomic E-state index is 0.710. The van der Waals surface area contributed by atoms with E-state index in [0.29, 0.717) is 6.04 Å². The van der Waals surface area contributed by atoms with Crippen LogP contribution in [0.5, 0.6) is 5.75 Å². The monoisotopic (exact) mass is 267 g/mol. The highest BCUT2D eigenvalue weighted by atomic mass is 16.5. The Labute approximate surface area is 120 Å². The molecule has 0 atom stereocenters. The molecule has 0 amide bonds. The quantitative estimate of drug-likeness (QED) is 0.886. The molecule has 0 spiro atoms. The smallest absolute Gasteiger partial charge is 0.123 e. The summed E-state index contributed by atoms with van der Waals surface area (Å²) >= 11 is 0. The maximum absolute atomic E-state index is 5.47. The van der Waals surface area contributed by atoms with Gasteiger partial charge in [-0.1, -0.05) is 35.9 Å². The molecular formula is C18H21NO. The van der Waals surface area contributed by atoms with E-state index >= 15 is 0 Å². The van der Waals surface area contributed by atoms with Crippen LogP contribution in [0.2, 0.25) is 0 Å². The van der Waals surface area contributed by atoms with Crippen molar-refractivity contribution >= 4 is 0 Å². The van der Waals surface area contributed by atoms with Crippen LogP contribution in [0.4, 0.5) is 0 Å². The van der Waals surface area contributed by atoms with Crippen LogP contribution < -0.4 is 10.1 Å². The Balaban J connectivity index is 1.89. The van der Waals surface area contributed by atoms with Crippen LogP contribution in [0.15, 0.2) is 42.5 Å². The van der Waals surface area contributed by atoms with E-state index < -0.39 is 0 Å². The third-order valence-corrected chi connectivity index (χ3v) is 3.79. The van der Waals surface area contributed by atoms with E-state index in [0.717, 1.165) is 12.3 Å². The summed E-state index contributed by atoms with van der Waals surface area (Å²) in [4.78, 5) is 0.